The van der Waals surface area contributed by atoms with E-state index in [4.69, 9.17) is 4.74 Å². The zero-order valence-corrected chi connectivity index (χ0v) is 17.2. The standard InChI is InChI=1S/C20H28N4O2S/c1-13-5-10-16-18(11-13)27-20(22-16)23-19(25)21-12-17(24(2)3)14-6-8-15(26-4)9-7-14/h6-9,13,17H,5,10-12H2,1-4H3,(H2,21,22,23,25)/t13-,17-/m1/s1. The first-order valence-corrected chi connectivity index (χ1v) is 10.1. The molecule has 0 saturated carbocycles. The molecular formula is C20H28N4O2S. The number of anilines is 1. The fraction of sp³-hybridized carbons (Fsp3) is 0.500. The van der Waals surface area contributed by atoms with Crippen LogP contribution in [0.2, 0.25) is 0 Å². The number of ether oxygens (including phenoxy) is 1. The SMILES string of the molecule is COc1ccc([C@@H](CNC(=O)Nc2nc3c(s2)C[C@H](C)CC3)N(C)C)cc1. The summed E-state index contributed by atoms with van der Waals surface area (Å²) < 4.78 is 5.22. The monoisotopic (exact) mass is 388 g/mol. The van der Waals surface area contributed by atoms with Crippen LogP contribution in [-0.2, 0) is 12.8 Å². The molecule has 0 spiro atoms. The molecule has 1 aliphatic carbocycles. The fourth-order valence-electron chi connectivity index (χ4n) is 3.35. The molecule has 0 radical (unpaired) electrons. The number of methoxy groups -OCH3 is 1. The maximum atomic E-state index is 12.4. The molecule has 2 amide bonds. The molecular weight excluding hydrogens is 360 g/mol. The Morgan fingerprint density at radius 2 is 2.11 bits per heavy atom. The lowest BCUT2D eigenvalue weighted by Crippen LogP contribution is -2.36. The molecule has 1 aliphatic rings. The minimum absolute atomic E-state index is 0.0759. The Balaban J connectivity index is 1.58. The third-order valence-corrected chi connectivity index (χ3v) is 6.02. The van der Waals surface area contributed by atoms with Crippen molar-refractivity contribution in [3.05, 3.63) is 40.4 Å². The predicted molar refractivity (Wildman–Crippen MR) is 110 cm³/mol. The van der Waals surface area contributed by atoms with Crippen LogP contribution < -0.4 is 15.4 Å². The number of aryl methyl sites for hydroxylation is 1. The van der Waals surface area contributed by atoms with Crippen molar-refractivity contribution in [3.8, 4) is 5.75 Å². The van der Waals surface area contributed by atoms with Gasteiger partial charge in [-0.3, -0.25) is 5.32 Å². The average molecular weight is 389 g/mol. The number of likely N-dealkylation sites (N-methyl/N-ethyl adjacent to an activating group) is 1. The Kier molecular flexibility index (Phi) is 6.34. The molecule has 0 bridgehead atoms. The van der Waals surface area contributed by atoms with Crippen molar-refractivity contribution in [1.82, 2.24) is 15.2 Å². The molecule has 1 aromatic carbocycles. The smallest absolute Gasteiger partial charge is 0.321 e. The van der Waals surface area contributed by atoms with Crippen molar-refractivity contribution in [3.63, 3.8) is 0 Å². The van der Waals surface area contributed by atoms with E-state index >= 15 is 0 Å². The lowest BCUT2D eigenvalue weighted by molar-refractivity contribution is 0.243. The first-order valence-electron chi connectivity index (χ1n) is 9.30. The zero-order chi connectivity index (χ0) is 19.4. The molecule has 0 aliphatic heterocycles. The Morgan fingerprint density at radius 3 is 2.78 bits per heavy atom. The number of benzene rings is 1. The number of amides is 2. The fourth-order valence-corrected chi connectivity index (χ4v) is 4.51. The number of aromatic nitrogens is 1. The Labute approximate surface area is 164 Å². The van der Waals surface area contributed by atoms with E-state index in [0.717, 1.165) is 29.8 Å². The van der Waals surface area contributed by atoms with Crippen LogP contribution in [0.4, 0.5) is 9.93 Å². The second-order valence-electron chi connectivity index (χ2n) is 7.32. The number of urea groups is 1. The summed E-state index contributed by atoms with van der Waals surface area (Å²) in [5, 5.41) is 6.56. The molecule has 6 nitrogen and oxygen atoms in total. The van der Waals surface area contributed by atoms with Gasteiger partial charge in [0.1, 0.15) is 5.75 Å². The summed E-state index contributed by atoms with van der Waals surface area (Å²) in [7, 11) is 5.66. The Hall–Kier alpha value is -2.12. The minimum Gasteiger partial charge on any atom is -0.497 e. The van der Waals surface area contributed by atoms with Crippen molar-refractivity contribution in [2.75, 3.05) is 33.1 Å². The van der Waals surface area contributed by atoms with Gasteiger partial charge in [0.25, 0.3) is 0 Å². The van der Waals surface area contributed by atoms with Gasteiger partial charge in [-0.05, 0) is 57.0 Å². The summed E-state index contributed by atoms with van der Waals surface area (Å²) in [4.78, 5) is 20.3. The van der Waals surface area contributed by atoms with Crippen LogP contribution in [0.3, 0.4) is 0 Å². The van der Waals surface area contributed by atoms with Gasteiger partial charge in [0.2, 0.25) is 0 Å². The van der Waals surface area contributed by atoms with Gasteiger partial charge in [-0.1, -0.05) is 19.1 Å². The molecule has 7 heteroatoms. The number of hydrogen-bond acceptors (Lipinski definition) is 5. The van der Waals surface area contributed by atoms with Gasteiger partial charge in [0, 0.05) is 11.4 Å². The number of rotatable bonds is 6. The van der Waals surface area contributed by atoms with Crippen LogP contribution >= 0.6 is 11.3 Å². The first-order chi connectivity index (χ1) is 13.0. The number of hydrogen-bond donors (Lipinski definition) is 2. The molecule has 3 rings (SSSR count). The molecule has 0 saturated heterocycles. The van der Waals surface area contributed by atoms with Gasteiger partial charge >= 0.3 is 6.03 Å². The molecule has 1 aromatic heterocycles. The van der Waals surface area contributed by atoms with Crippen LogP contribution in [0, 0.1) is 5.92 Å². The zero-order valence-electron chi connectivity index (χ0n) is 16.4. The van der Waals surface area contributed by atoms with Crippen molar-refractivity contribution in [2.45, 2.75) is 32.2 Å². The van der Waals surface area contributed by atoms with Crippen LogP contribution in [-0.4, -0.2) is 43.7 Å². The third-order valence-electron chi connectivity index (χ3n) is 4.99. The van der Waals surface area contributed by atoms with Crippen LogP contribution in [0.5, 0.6) is 5.75 Å². The summed E-state index contributed by atoms with van der Waals surface area (Å²) in [5.74, 6) is 1.52. The highest BCUT2D eigenvalue weighted by molar-refractivity contribution is 7.15. The van der Waals surface area contributed by atoms with Gasteiger partial charge in [-0.2, -0.15) is 0 Å². The summed E-state index contributed by atoms with van der Waals surface area (Å²) in [6, 6.07) is 7.79. The van der Waals surface area contributed by atoms with E-state index in [1.807, 2.05) is 38.4 Å². The summed E-state index contributed by atoms with van der Waals surface area (Å²) in [6.07, 6.45) is 3.25. The van der Waals surface area contributed by atoms with Gasteiger partial charge in [0.05, 0.1) is 18.8 Å². The topological polar surface area (TPSA) is 66.5 Å². The van der Waals surface area contributed by atoms with E-state index in [1.54, 1.807) is 18.4 Å². The van der Waals surface area contributed by atoms with E-state index in [2.05, 4.69) is 27.4 Å². The van der Waals surface area contributed by atoms with Crippen molar-refractivity contribution >= 4 is 22.5 Å². The minimum atomic E-state index is -0.213. The number of thiazole rings is 1. The number of nitrogens with zero attached hydrogens (tertiary/aromatic N) is 2. The second kappa shape index (κ2) is 8.71. The molecule has 146 valence electrons. The largest absolute Gasteiger partial charge is 0.497 e. The lowest BCUT2D eigenvalue weighted by atomic mass is 9.93. The average Bonchev–Trinajstić information content (AvgIpc) is 3.03. The number of nitrogens with one attached hydrogen (secondary N) is 2. The van der Waals surface area contributed by atoms with Gasteiger partial charge in [0.15, 0.2) is 5.13 Å². The highest BCUT2D eigenvalue weighted by Gasteiger charge is 2.21. The molecule has 2 aromatic rings. The van der Waals surface area contributed by atoms with E-state index in [9.17, 15) is 4.79 Å². The number of carbonyl (C=O) groups is 1. The van der Waals surface area contributed by atoms with Crippen LogP contribution in [0.15, 0.2) is 24.3 Å². The van der Waals surface area contributed by atoms with Crippen molar-refractivity contribution in [1.29, 1.82) is 0 Å². The summed E-state index contributed by atoms with van der Waals surface area (Å²) >= 11 is 1.60. The highest BCUT2D eigenvalue weighted by Crippen LogP contribution is 2.32. The Morgan fingerprint density at radius 1 is 1.37 bits per heavy atom. The normalized spacial score (nSPS) is 17.3. The lowest BCUT2D eigenvalue weighted by Gasteiger charge is -2.25. The van der Waals surface area contributed by atoms with E-state index in [-0.39, 0.29) is 12.1 Å². The van der Waals surface area contributed by atoms with E-state index in [1.165, 1.54) is 11.3 Å². The molecule has 27 heavy (non-hydrogen) atoms. The van der Waals surface area contributed by atoms with Gasteiger partial charge < -0.3 is 15.0 Å². The summed E-state index contributed by atoms with van der Waals surface area (Å²) in [6.45, 7) is 2.77. The highest BCUT2D eigenvalue weighted by atomic mass is 32.1. The molecule has 0 fully saturated rings. The van der Waals surface area contributed by atoms with Crippen LogP contribution in [0.1, 0.15) is 35.5 Å². The predicted octanol–water partition coefficient (Wildman–Crippen LogP) is 3.70. The third kappa shape index (κ3) is 4.99. The van der Waals surface area contributed by atoms with Gasteiger partial charge in [-0.25, -0.2) is 9.78 Å². The molecule has 2 N–H and O–H groups in total. The van der Waals surface area contributed by atoms with Crippen molar-refractivity contribution < 1.29 is 9.53 Å². The summed E-state index contributed by atoms with van der Waals surface area (Å²) in [5.41, 5.74) is 2.28. The Bertz CT molecular complexity index is 773. The van der Waals surface area contributed by atoms with Crippen molar-refractivity contribution in [2.24, 2.45) is 5.92 Å². The molecule has 1 heterocycles. The number of carbonyl (C=O) groups excluding carboxylic acids is 1. The van der Waals surface area contributed by atoms with E-state index in [0.29, 0.717) is 17.6 Å². The molecule has 2 atom stereocenters. The molecule has 0 unspecified atom stereocenters. The quantitative estimate of drug-likeness (QED) is 0.792. The maximum Gasteiger partial charge on any atom is 0.321 e. The maximum absolute atomic E-state index is 12.4. The second-order valence-corrected chi connectivity index (χ2v) is 8.41. The van der Waals surface area contributed by atoms with E-state index < -0.39 is 0 Å². The first kappa shape index (κ1) is 19.6. The van der Waals surface area contributed by atoms with Gasteiger partial charge in [-0.15, -0.1) is 11.3 Å². The van der Waals surface area contributed by atoms with Crippen LogP contribution in [0.25, 0.3) is 0 Å². The number of fused-ring (bicyclic) bond motifs is 1.